The summed E-state index contributed by atoms with van der Waals surface area (Å²) in [5, 5.41) is 13.1. The molecule has 136 valence electrons. The summed E-state index contributed by atoms with van der Waals surface area (Å²) in [6.07, 6.45) is 2.40. The van der Waals surface area contributed by atoms with Crippen LogP contribution in [0.5, 0.6) is 0 Å². The van der Waals surface area contributed by atoms with Crippen molar-refractivity contribution in [2.24, 2.45) is 0 Å². The second kappa shape index (κ2) is 7.55. The van der Waals surface area contributed by atoms with E-state index in [4.69, 9.17) is 4.52 Å². The summed E-state index contributed by atoms with van der Waals surface area (Å²) in [5.74, 6) is 0.900. The fourth-order valence-corrected chi connectivity index (χ4v) is 3.31. The number of nitrogens with zero attached hydrogens (tertiary/aromatic N) is 4. The average Bonchev–Trinajstić information content (AvgIpc) is 3.41. The van der Waals surface area contributed by atoms with Crippen molar-refractivity contribution in [2.45, 2.75) is 19.8 Å². The standard InChI is InChI=1S/C19H17N5O2S/c1-13-9-10-20-24(13)15-5-2-4-14(12-15)21-17(25)7-8-18-22-19(23-26-18)16-6-3-11-27-16/h2-6,9-12H,7-8H2,1H3,(H,21,25). The number of rotatable bonds is 6. The summed E-state index contributed by atoms with van der Waals surface area (Å²) in [4.78, 5) is 17.5. The van der Waals surface area contributed by atoms with Gasteiger partial charge in [-0.25, -0.2) is 4.68 Å². The van der Waals surface area contributed by atoms with E-state index in [1.54, 1.807) is 17.5 Å². The van der Waals surface area contributed by atoms with Gasteiger partial charge in [-0.3, -0.25) is 4.79 Å². The van der Waals surface area contributed by atoms with Crippen LogP contribution in [0.25, 0.3) is 16.4 Å². The minimum Gasteiger partial charge on any atom is -0.339 e. The second-order valence-corrected chi connectivity index (χ2v) is 6.92. The highest BCUT2D eigenvalue weighted by Crippen LogP contribution is 2.21. The molecule has 0 radical (unpaired) electrons. The first kappa shape index (κ1) is 17.2. The number of aromatic nitrogens is 4. The van der Waals surface area contributed by atoms with E-state index in [9.17, 15) is 4.79 Å². The second-order valence-electron chi connectivity index (χ2n) is 5.97. The van der Waals surface area contributed by atoms with Gasteiger partial charge in [-0.1, -0.05) is 17.3 Å². The Morgan fingerprint density at radius 3 is 2.96 bits per heavy atom. The van der Waals surface area contributed by atoms with Crippen LogP contribution >= 0.6 is 11.3 Å². The summed E-state index contributed by atoms with van der Waals surface area (Å²) in [6, 6.07) is 13.4. The number of aryl methyl sites for hydroxylation is 2. The maximum Gasteiger partial charge on any atom is 0.227 e. The highest BCUT2D eigenvalue weighted by Gasteiger charge is 2.12. The van der Waals surface area contributed by atoms with Gasteiger partial charge in [0, 0.05) is 30.4 Å². The number of anilines is 1. The zero-order chi connectivity index (χ0) is 18.6. The highest BCUT2D eigenvalue weighted by molar-refractivity contribution is 7.13. The molecule has 0 unspecified atom stereocenters. The molecule has 4 rings (SSSR count). The third kappa shape index (κ3) is 3.95. The Bertz CT molecular complexity index is 1050. The molecule has 0 bridgehead atoms. The fourth-order valence-electron chi connectivity index (χ4n) is 2.66. The van der Waals surface area contributed by atoms with Crippen LogP contribution in [-0.2, 0) is 11.2 Å². The monoisotopic (exact) mass is 379 g/mol. The van der Waals surface area contributed by atoms with Crippen molar-refractivity contribution in [1.82, 2.24) is 19.9 Å². The van der Waals surface area contributed by atoms with Crippen molar-refractivity contribution < 1.29 is 9.32 Å². The van der Waals surface area contributed by atoms with Crippen molar-refractivity contribution in [3.05, 3.63) is 65.6 Å². The van der Waals surface area contributed by atoms with Gasteiger partial charge in [0.1, 0.15) is 0 Å². The topological polar surface area (TPSA) is 85.8 Å². The molecule has 0 aliphatic rings. The summed E-state index contributed by atoms with van der Waals surface area (Å²) in [5.41, 5.74) is 2.64. The predicted octanol–water partition coefficient (Wildman–Crippen LogP) is 3.86. The van der Waals surface area contributed by atoms with Crippen LogP contribution in [0.2, 0.25) is 0 Å². The number of thiophene rings is 1. The SMILES string of the molecule is Cc1ccnn1-c1cccc(NC(=O)CCc2nc(-c3cccs3)no2)c1. The van der Waals surface area contributed by atoms with Gasteiger partial charge >= 0.3 is 0 Å². The largest absolute Gasteiger partial charge is 0.339 e. The lowest BCUT2D eigenvalue weighted by Crippen LogP contribution is -2.12. The van der Waals surface area contributed by atoms with Crippen molar-refractivity contribution in [2.75, 3.05) is 5.32 Å². The van der Waals surface area contributed by atoms with Crippen LogP contribution in [0, 0.1) is 6.92 Å². The molecule has 27 heavy (non-hydrogen) atoms. The average molecular weight is 379 g/mol. The molecule has 8 heteroatoms. The van der Waals surface area contributed by atoms with Gasteiger partial charge in [-0.2, -0.15) is 10.1 Å². The Balaban J connectivity index is 1.37. The quantitative estimate of drug-likeness (QED) is 0.550. The number of carbonyl (C=O) groups is 1. The summed E-state index contributed by atoms with van der Waals surface area (Å²) < 4.78 is 7.04. The zero-order valence-corrected chi connectivity index (χ0v) is 15.4. The smallest absolute Gasteiger partial charge is 0.227 e. The van der Waals surface area contributed by atoms with E-state index in [1.165, 1.54) is 0 Å². The molecule has 0 saturated heterocycles. The molecule has 0 aliphatic heterocycles. The van der Waals surface area contributed by atoms with Crippen LogP contribution in [0.1, 0.15) is 18.0 Å². The van der Waals surface area contributed by atoms with Crippen molar-refractivity contribution >= 4 is 22.9 Å². The van der Waals surface area contributed by atoms with E-state index < -0.39 is 0 Å². The van der Waals surface area contributed by atoms with Gasteiger partial charge in [-0.15, -0.1) is 11.3 Å². The zero-order valence-electron chi connectivity index (χ0n) is 14.6. The summed E-state index contributed by atoms with van der Waals surface area (Å²) in [7, 11) is 0. The van der Waals surface area contributed by atoms with Crippen molar-refractivity contribution in [1.29, 1.82) is 0 Å². The van der Waals surface area contributed by atoms with Crippen molar-refractivity contribution in [3.8, 4) is 16.4 Å². The number of nitrogens with one attached hydrogen (secondary N) is 1. The van der Waals surface area contributed by atoms with Crippen LogP contribution in [-0.4, -0.2) is 25.8 Å². The first-order valence-corrected chi connectivity index (χ1v) is 9.34. The van der Waals surface area contributed by atoms with Gasteiger partial charge in [0.15, 0.2) is 0 Å². The Morgan fingerprint density at radius 2 is 2.19 bits per heavy atom. The number of amides is 1. The minimum absolute atomic E-state index is 0.111. The van der Waals surface area contributed by atoms with Crippen LogP contribution < -0.4 is 5.32 Å². The van der Waals surface area contributed by atoms with Gasteiger partial charge in [0.25, 0.3) is 0 Å². The fraction of sp³-hybridized carbons (Fsp3) is 0.158. The third-order valence-corrected chi connectivity index (χ3v) is 4.85. The first-order chi connectivity index (χ1) is 13.2. The third-order valence-electron chi connectivity index (χ3n) is 3.98. The molecule has 0 atom stereocenters. The van der Waals surface area contributed by atoms with E-state index in [0.29, 0.717) is 18.1 Å². The van der Waals surface area contributed by atoms with Crippen LogP contribution in [0.3, 0.4) is 0 Å². The molecule has 1 N–H and O–H groups in total. The van der Waals surface area contributed by atoms with Crippen LogP contribution in [0.4, 0.5) is 5.69 Å². The molecule has 3 heterocycles. The number of hydrogen-bond acceptors (Lipinski definition) is 6. The highest BCUT2D eigenvalue weighted by atomic mass is 32.1. The van der Waals surface area contributed by atoms with Gasteiger partial charge < -0.3 is 9.84 Å². The first-order valence-electron chi connectivity index (χ1n) is 8.46. The van der Waals surface area contributed by atoms with E-state index in [-0.39, 0.29) is 12.3 Å². The molecule has 1 aromatic carbocycles. The number of benzene rings is 1. The predicted molar refractivity (Wildman–Crippen MR) is 103 cm³/mol. The van der Waals surface area contributed by atoms with Gasteiger partial charge in [-0.05, 0) is 42.6 Å². The molecular weight excluding hydrogens is 362 g/mol. The molecular formula is C19H17N5O2S. The van der Waals surface area contributed by atoms with E-state index in [1.807, 2.05) is 59.5 Å². The lowest BCUT2D eigenvalue weighted by atomic mass is 10.2. The van der Waals surface area contributed by atoms with E-state index in [2.05, 4.69) is 20.6 Å². The Labute approximate surface area is 159 Å². The van der Waals surface area contributed by atoms with Gasteiger partial charge in [0.2, 0.25) is 17.6 Å². The molecule has 4 aromatic rings. The molecule has 3 aromatic heterocycles. The molecule has 7 nitrogen and oxygen atoms in total. The lowest BCUT2D eigenvalue weighted by molar-refractivity contribution is -0.116. The Hall–Kier alpha value is -3.26. The maximum atomic E-state index is 12.3. The maximum absolute atomic E-state index is 12.3. The van der Waals surface area contributed by atoms with Crippen molar-refractivity contribution in [3.63, 3.8) is 0 Å². The minimum atomic E-state index is -0.111. The number of carbonyl (C=O) groups excluding carboxylic acids is 1. The number of hydrogen-bond donors (Lipinski definition) is 1. The molecule has 1 amide bonds. The molecule has 0 aliphatic carbocycles. The Kier molecular flexibility index (Phi) is 4.80. The molecule has 0 fully saturated rings. The Morgan fingerprint density at radius 1 is 1.26 bits per heavy atom. The lowest BCUT2D eigenvalue weighted by Gasteiger charge is -2.08. The normalized spacial score (nSPS) is 10.9. The van der Waals surface area contributed by atoms with E-state index >= 15 is 0 Å². The van der Waals surface area contributed by atoms with Gasteiger partial charge in [0.05, 0.1) is 10.6 Å². The van der Waals surface area contributed by atoms with E-state index in [0.717, 1.165) is 21.9 Å². The molecule has 0 spiro atoms. The van der Waals surface area contributed by atoms with Crippen LogP contribution in [0.15, 0.2) is 58.6 Å². The summed E-state index contributed by atoms with van der Waals surface area (Å²) >= 11 is 1.55. The summed E-state index contributed by atoms with van der Waals surface area (Å²) in [6.45, 7) is 1.98. The molecule has 0 saturated carbocycles.